The van der Waals surface area contributed by atoms with E-state index in [0.29, 0.717) is 26.1 Å². The number of rotatable bonds is 2. The van der Waals surface area contributed by atoms with E-state index in [9.17, 15) is 14.3 Å². The first-order valence-electron chi connectivity index (χ1n) is 7.86. The molecule has 0 unspecified atom stereocenters. The van der Waals surface area contributed by atoms with Crippen LogP contribution in [0, 0.1) is 5.82 Å². The highest BCUT2D eigenvalue weighted by Gasteiger charge is 2.30. The van der Waals surface area contributed by atoms with Crippen LogP contribution in [0.5, 0.6) is 0 Å². The van der Waals surface area contributed by atoms with Gasteiger partial charge in [0.2, 0.25) is 0 Å². The molecule has 2 atom stereocenters. The Morgan fingerprint density at radius 3 is 3.00 bits per heavy atom. The Hall–Kier alpha value is -2.32. The maximum absolute atomic E-state index is 13.3. The summed E-state index contributed by atoms with van der Waals surface area (Å²) in [4.78, 5) is 14.3. The van der Waals surface area contributed by atoms with Gasteiger partial charge in [0.1, 0.15) is 18.0 Å². The van der Waals surface area contributed by atoms with E-state index >= 15 is 0 Å². The van der Waals surface area contributed by atoms with Gasteiger partial charge in [0.15, 0.2) is 5.69 Å². The zero-order chi connectivity index (χ0) is 16.7. The molecule has 1 aromatic carbocycles. The zero-order valence-electron chi connectivity index (χ0n) is 12.9. The quantitative estimate of drug-likeness (QED) is 0.869. The monoisotopic (exact) mass is 332 g/mol. The van der Waals surface area contributed by atoms with Crippen molar-refractivity contribution >= 4 is 5.91 Å². The van der Waals surface area contributed by atoms with Gasteiger partial charge in [-0.05, 0) is 29.7 Å². The van der Waals surface area contributed by atoms with E-state index in [4.69, 9.17) is 4.74 Å². The van der Waals surface area contributed by atoms with Crippen LogP contribution in [-0.4, -0.2) is 56.8 Å². The molecule has 1 N–H and O–H groups in total. The summed E-state index contributed by atoms with van der Waals surface area (Å²) in [6, 6.07) is 4.33. The molecule has 7 nitrogen and oxygen atoms in total. The third-order valence-corrected chi connectivity index (χ3v) is 4.56. The Morgan fingerprint density at radius 2 is 2.21 bits per heavy atom. The Balaban J connectivity index is 1.50. The standard InChI is InChI=1S/C16H17FN4O3/c17-12-2-1-11-6-20(4-3-10(11)5-12)16(23)13-7-21(19-18-13)14-8-24-9-15(14)22/h1-2,5,7,14-15,22H,3-4,6,8-9H2/t14-,15-/m1/s1. The SMILES string of the molecule is O=C(c1cn([C@@H]2COC[C@H]2O)nn1)N1CCc2cc(F)ccc2C1. The summed E-state index contributed by atoms with van der Waals surface area (Å²) in [5.74, 6) is -0.474. The third-order valence-electron chi connectivity index (χ3n) is 4.56. The van der Waals surface area contributed by atoms with Gasteiger partial charge in [-0.2, -0.15) is 0 Å². The lowest BCUT2D eigenvalue weighted by molar-refractivity contribution is 0.0728. The molecule has 1 amide bonds. The first-order valence-corrected chi connectivity index (χ1v) is 7.86. The van der Waals surface area contributed by atoms with E-state index in [2.05, 4.69) is 10.3 Å². The number of halogens is 1. The lowest BCUT2D eigenvalue weighted by Gasteiger charge is -2.28. The average Bonchev–Trinajstić information content (AvgIpc) is 3.22. The highest BCUT2D eigenvalue weighted by molar-refractivity contribution is 5.92. The molecule has 0 bridgehead atoms. The number of fused-ring (bicyclic) bond motifs is 1. The molecule has 0 radical (unpaired) electrons. The number of aromatic nitrogens is 3. The smallest absolute Gasteiger partial charge is 0.276 e. The highest BCUT2D eigenvalue weighted by atomic mass is 19.1. The van der Waals surface area contributed by atoms with Crippen molar-refractivity contribution in [2.24, 2.45) is 0 Å². The number of ether oxygens (including phenoxy) is 1. The number of aliphatic hydroxyl groups is 1. The van der Waals surface area contributed by atoms with Gasteiger partial charge >= 0.3 is 0 Å². The number of carbonyl (C=O) groups is 1. The van der Waals surface area contributed by atoms with Crippen LogP contribution in [0.25, 0.3) is 0 Å². The van der Waals surface area contributed by atoms with Gasteiger partial charge in [0.05, 0.1) is 19.4 Å². The van der Waals surface area contributed by atoms with Crippen LogP contribution in [0.1, 0.15) is 27.7 Å². The lowest BCUT2D eigenvalue weighted by atomic mass is 9.99. The molecule has 3 heterocycles. The number of aliphatic hydroxyl groups excluding tert-OH is 1. The van der Waals surface area contributed by atoms with Crippen LogP contribution in [0.3, 0.4) is 0 Å². The second-order valence-electron chi connectivity index (χ2n) is 6.15. The van der Waals surface area contributed by atoms with Gasteiger partial charge in [0.25, 0.3) is 5.91 Å². The van der Waals surface area contributed by atoms with Crippen molar-refractivity contribution in [1.29, 1.82) is 0 Å². The average molecular weight is 332 g/mol. The Kier molecular flexibility index (Phi) is 3.78. The number of hydrogen-bond acceptors (Lipinski definition) is 5. The maximum atomic E-state index is 13.3. The minimum absolute atomic E-state index is 0.218. The topological polar surface area (TPSA) is 80.5 Å². The lowest BCUT2D eigenvalue weighted by Crippen LogP contribution is -2.36. The second-order valence-corrected chi connectivity index (χ2v) is 6.15. The molecule has 2 aliphatic heterocycles. The van der Waals surface area contributed by atoms with Crippen LogP contribution in [0.15, 0.2) is 24.4 Å². The summed E-state index contributed by atoms with van der Waals surface area (Å²) in [5.41, 5.74) is 2.12. The molecule has 1 aromatic heterocycles. The van der Waals surface area contributed by atoms with Crippen LogP contribution in [0.4, 0.5) is 4.39 Å². The van der Waals surface area contributed by atoms with Gasteiger partial charge in [-0.1, -0.05) is 11.3 Å². The first kappa shape index (κ1) is 15.2. The number of benzene rings is 1. The zero-order valence-corrected chi connectivity index (χ0v) is 12.9. The van der Waals surface area contributed by atoms with E-state index in [1.54, 1.807) is 17.2 Å². The van der Waals surface area contributed by atoms with Crippen LogP contribution in [0.2, 0.25) is 0 Å². The fourth-order valence-corrected chi connectivity index (χ4v) is 3.18. The van der Waals surface area contributed by atoms with Crippen molar-refractivity contribution in [3.05, 3.63) is 47.0 Å². The van der Waals surface area contributed by atoms with Crippen molar-refractivity contribution in [2.45, 2.75) is 25.1 Å². The predicted molar refractivity (Wildman–Crippen MR) is 80.7 cm³/mol. The van der Waals surface area contributed by atoms with Gasteiger partial charge in [-0.15, -0.1) is 5.10 Å². The van der Waals surface area contributed by atoms with Crippen LogP contribution >= 0.6 is 0 Å². The minimum atomic E-state index is -0.647. The summed E-state index contributed by atoms with van der Waals surface area (Å²) >= 11 is 0. The molecule has 126 valence electrons. The summed E-state index contributed by atoms with van der Waals surface area (Å²) in [6.07, 6.45) is 1.51. The highest BCUT2D eigenvalue weighted by Crippen LogP contribution is 2.22. The number of hydrogen-bond donors (Lipinski definition) is 1. The first-order chi connectivity index (χ1) is 11.6. The Morgan fingerprint density at radius 1 is 1.33 bits per heavy atom. The Labute approximate surface area is 137 Å². The molecule has 0 saturated carbocycles. The predicted octanol–water partition coefficient (Wildman–Crippen LogP) is 0.548. The van der Waals surface area contributed by atoms with Crippen molar-refractivity contribution < 1.29 is 19.0 Å². The largest absolute Gasteiger partial charge is 0.388 e. The summed E-state index contributed by atoms with van der Waals surface area (Å²) in [6.45, 7) is 1.54. The maximum Gasteiger partial charge on any atom is 0.276 e. The molecule has 2 aliphatic rings. The molecule has 0 spiro atoms. The number of carbonyl (C=O) groups excluding carboxylic acids is 1. The Bertz CT molecular complexity index is 778. The molecule has 8 heteroatoms. The molecule has 1 saturated heterocycles. The molecular formula is C16H17FN4O3. The molecule has 24 heavy (non-hydrogen) atoms. The normalized spacial score (nSPS) is 23.3. The summed E-state index contributed by atoms with van der Waals surface area (Å²) < 4.78 is 19.9. The molecule has 0 aliphatic carbocycles. The van der Waals surface area contributed by atoms with Crippen LogP contribution in [-0.2, 0) is 17.7 Å². The van der Waals surface area contributed by atoms with E-state index in [1.807, 2.05) is 0 Å². The fourth-order valence-electron chi connectivity index (χ4n) is 3.18. The van der Waals surface area contributed by atoms with E-state index < -0.39 is 6.10 Å². The van der Waals surface area contributed by atoms with Crippen LogP contribution < -0.4 is 0 Å². The molecule has 4 rings (SSSR count). The fraction of sp³-hybridized carbons (Fsp3) is 0.438. The summed E-state index contributed by atoms with van der Waals surface area (Å²) in [7, 11) is 0. The van der Waals surface area contributed by atoms with E-state index in [-0.39, 0.29) is 30.1 Å². The minimum Gasteiger partial charge on any atom is -0.388 e. The van der Waals surface area contributed by atoms with Gasteiger partial charge in [0, 0.05) is 13.1 Å². The number of amides is 1. The van der Waals surface area contributed by atoms with Crippen molar-refractivity contribution in [3.8, 4) is 0 Å². The summed E-state index contributed by atoms with van der Waals surface area (Å²) in [5, 5.41) is 17.7. The van der Waals surface area contributed by atoms with Crippen molar-refractivity contribution in [3.63, 3.8) is 0 Å². The van der Waals surface area contributed by atoms with Gasteiger partial charge < -0.3 is 14.7 Å². The molecular weight excluding hydrogens is 315 g/mol. The van der Waals surface area contributed by atoms with Gasteiger partial charge in [-0.3, -0.25) is 4.79 Å². The number of nitrogens with zero attached hydrogens (tertiary/aromatic N) is 4. The van der Waals surface area contributed by atoms with E-state index in [1.165, 1.54) is 16.8 Å². The van der Waals surface area contributed by atoms with Crippen molar-refractivity contribution in [2.75, 3.05) is 19.8 Å². The molecule has 1 fully saturated rings. The van der Waals surface area contributed by atoms with Gasteiger partial charge in [-0.25, -0.2) is 9.07 Å². The third kappa shape index (κ3) is 2.67. The van der Waals surface area contributed by atoms with E-state index in [0.717, 1.165) is 11.1 Å². The second kappa shape index (κ2) is 5.95. The molecule has 2 aromatic rings. The van der Waals surface area contributed by atoms with Crippen molar-refractivity contribution in [1.82, 2.24) is 19.9 Å².